The van der Waals surface area contributed by atoms with Gasteiger partial charge in [0.25, 0.3) is 0 Å². The number of hydrogen-bond donors (Lipinski definition) is 1. The second kappa shape index (κ2) is 2.58. The Hall–Kier alpha value is -1.83. The summed E-state index contributed by atoms with van der Waals surface area (Å²) in [6.45, 7) is 0. The molecule has 1 aromatic carbocycles. The minimum Gasteiger partial charge on any atom is -0.361 e. The lowest BCUT2D eigenvalue weighted by atomic mass is 10.1. The maximum absolute atomic E-state index is 3.23. The molecule has 2 aromatic heterocycles. The van der Waals surface area contributed by atoms with Crippen LogP contribution < -0.4 is 4.57 Å². The van der Waals surface area contributed by atoms with E-state index >= 15 is 0 Å². The van der Waals surface area contributed by atoms with E-state index < -0.39 is 0 Å². The maximum Gasteiger partial charge on any atom is 0.221 e. The molecule has 0 bridgehead atoms. The highest BCUT2D eigenvalue weighted by Gasteiger charge is 2.08. The van der Waals surface area contributed by atoms with Gasteiger partial charge in [-0.05, 0) is 24.3 Å². The molecule has 0 spiro atoms. The van der Waals surface area contributed by atoms with Crippen molar-refractivity contribution in [1.82, 2.24) is 4.98 Å². The second-order valence-corrected chi connectivity index (χ2v) is 3.56. The number of aromatic nitrogens is 2. The van der Waals surface area contributed by atoms with Crippen LogP contribution in [0.5, 0.6) is 0 Å². The lowest BCUT2D eigenvalue weighted by Gasteiger charge is -1.97. The molecule has 0 radical (unpaired) electrons. The smallest absolute Gasteiger partial charge is 0.221 e. The Balaban J connectivity index is 2.67. The van der Waals surface area contributed by atoms with Gasteiger partial charge in [0.2, 0.25) is 5.52 Å². The predicted octanol–water partition coefficient (Wildman–Crippen LogP) is 2.15. The lowest BCUT2D eigenvalue weighted by Crippen LogP contribution is -2.27. The molecule has 2 nitrogen and oxygen atoms in total. The predicted molar refractivity (Wildman–Crippen MR) is 57.0 cm³/mol. The van der Waals surface area contributed by atoms with E-state index in [4.69, 9.17) is 0 Å². The van der Waals surface area contributed by atoms with Crippen molar-refractivity contribution in [2.75, 3.05) is 0 Å². The summed E-state index contributed by atoms with van der Waals surface area (Å²) in [5.41, 5.74) is 2.48. The third-order valence-corrected chi connectivity index (χ3v) is 2.68. The van der Waals surface area contributed by atoms with Gasteiger partial charge in [-0.2, -0.15) is 0 Å². The zero-order chi connectivity index (χ0) is 9.54. The van der Waals surface area contributed by atoms with Crippen molar-refractivity contribution in [2.24, 2.45) is 7.05 Å². The zero-order valence-corrected chi connectivity index (χ0v) is 7.99. The lowest BCUT2D eigenvalue weighted by molar-refractivity contribution is -0.644. The van der Waals surface area contributed by atoms with Gasteiger partial charge < -0.3 is 4.98 Å². The van der Waals surface area contributed by atoms with Crippen molar-refractivity contribution in [1.29, 1.82) is 0 Å². The highest BCUT2D eigenvalue weighted by atomic mass is 14.9. The van der Waals surface area contributed by atoms with Crippen LogP contribution in [0.3, 0.4) is 0 Å². The van der Waals surface area contributed by atoms with E-state index in [-0.39, 0.29) is 0 Å². The standard InChI is InChI=1S/C12H10N2/c1-14-8-2-3-9-4-5-11-10(12(9)14)6-7-13-11/h2-8H,1H3/p+1. The first-order valence-electron chi connectivity index (χ1n) is 4.71. The topological polar surface area (TPSA) is 19.7 Å². The van der Waals surface area contributed by atoms with E-state index in [1.807, 2.05) is 6.20 Å². The van der Waals surface area contributed by atoms with Crippen molar-refractivity contribution in [2.45, 2.75) is 0 Å². The molecule has 0 atom stereocenters. The zero-order valence-electron chi connectivity index (χ0n) is 7.99. The largest absolute Gasteiger partial charge is 0.361 e. The summed E-state index contributed by atoms with van der Waals surface area (Å²) < 4.78 is 2.16. The molecule has 0 unspecified atom stereocenters. The van der Waals surface area contributed by atoms with Gasteiger partial charge in [0.15, 0.2) is 6.20 Å². The van der Waals surface area contributed by atoms with Crippen LogP contribution in [0.1, 0.15) is 0 Å². The van der Waals surface area contributed by atoms with E-state index in [1.54, 1.807) is 0 Å². The Morgan fingerprint density at radius 2 is 2.07 bits per heavy atom. The summed E-state index contributed by atoms with van der Waals surface area (Å²) in [5, 5.41) is 2.56. The van der Waals surface area contributed by atoms with Gasteiger partial charge in [0.05, 0.1) is 10.9 Å². The summed E-state index contributed by atoms with van der Waals surface area (Å²) in [6, 6.07) is 10.6. The Bertz CT molecular complexity index is 608. The fourth-order valence-corrected chi connectivity index (χ4v) is 2.01. The molecule has 68 valence electrons. The number of benzene rings is 1. The molecule has 2 heterocycles. The van der Waals surface area contributed by atoms with Crippen molar-refractivity contribution in [3.05, 3.63) is 42.7 Å². The normalized spacial score (nSPS) is 11.2. The number of pyridine rings is 1. The van der Waals surface area contributed by atoms with Crippen LogP contribution in [0.2, 0.25) is 0 Å². The molecular formula is C12H11N2+. The molecule has 3 aromatic rings. The Kier molecular flexibility index (Phi) is 1.39. The highest BCUT2D eigenvalue weighted by Crippen LogP contribution is 2.20. The Labute approximate surface area is 81.8 Å². The third kappa shape index (κ3) is 0.880. The summed E-state index contributed by atoms with van der Waals surface area (Å²) >= 11 is 0. The highest BCUT2D eigenvalue weighted by molar-refractivity contribution is 6.01. The van der Waals surface area contributed by atoms with Crippen LogP contribution in [0.25, 0.3) is 21.8 Å². The molecule has 2 heteroatoms. The number of hydrogen-bond acceptors (Lipinski definition) is 0. The SMILES string of the molecule is C[n+]1cccc2ccc3[nH]ccc3c21. The van der Waals surface area contributed by atoms with Crippen LogP contribution in [0.15, 0.2) is 42.7 Å². The van der Waals surface area contributed by atoms with Gasteiger partial charge in [0, 0.05) is 17.6 Å². The number of H-pyrrole nitrogens is 1. The molecule has 0 aliphatic rings. The minimum absolute atomic E-state index is 1.19. The third-order valence-electron chi connectivity index (χ3n) is 2.68. The van der Waals surface area contributed by atoms with E-state index in [1.165, 1.54) is 21.8 Å². The first kappa shape index (κ1) is 7.56. The van der Waals surface area contributed by atoms with Crippen LogP contribution in [0.4, 0.5) is 0 Å². The van der Waals surface area contributed by atoms with E-state index in [2.05, 4.69) is 53.1 Å². The van der Waals surface area contributed by atoms with Gasteiger partial charge in [0.1, 0.15) is 7.05 Å². The second-order valence-electron chi connectivity index (χ2n) is 3.56. The average Bonchev–Trinajstić information content (AvgIpc) is 2.65. The molecular weight excluding hydrogens is 172 g/mol. The van der Waals surface area contributed by atoms with Gasteiger partial charge in [-0.15, -0.1) is 0 Å². The number of rotatable bonds is 0. The number of nitrogens with zero attached hydrogens (tertiary/aromatic N) is 1. The minimum atomic E-state index is 1.19. The molecule has 0 amide bonds. The van der Waals surface area contributed by atoms with Crippen molar-refractivity contribution in [3.63, 3.8) is 0 Å². The summed E-state index contributed by atoms with van der Waals surface area (Å²) in [6.07, 6.45) is 4.06. The molecule has 0 aliphatic carbocycles. The van der Waals surface area contributed by atoms with Crippen LogP contribution >= 0.6 is 0 Å². The van der Waals surface area contributed by atoms with E-state index in [0.717, 1.165) is 0 Å². The van der Waals surface area contributed by atoms with Crippen LogP contribution in [-0.4, -0.2) is 4.98 Å². The number of aromatic amines is 1. The molecule has 14 heavy (non-hydrogen) atoms. The first-order valence-corrected chi connectivity index (χ1v) is 4.71. The molecule has 0 fully saturated rings. The molecule has 0 saturated carbocycles. The average molecular weight is 183 g/mol. The van der Waals surface area contributed by atoms with Gasteiger partial charge in [-0.25, -0.2) is 4.57 Å². The monoisotopic (exact) mass is 183 g/mol. The van der Waals surface area contributed by atoms with Crippen LogP contribution in [0, 0.1) is 0 Å². The fourth-order valence-electron chi connectivity index (χ4n) is 2.01. The van der Waals surface area contributed by atoms with E-state index in [0.29, 0.717) is 0 Å². The quantitative estimate of drug-likeness (QED) is 0.515. The van der Waals surface area contributed by atoms with Crippen molar-refractivity contribution in [3.8, 4) is 0 Å². The maximum atomic E-state index is 3.23. The first-order chi connectivity index (χ1) is 6.86. The molecule has 0 saturated heterocycles. The molecule has 3 rings (SSSR count). The molecule has 1 N–H and O–H groups in total. The van der Waals surface area contributed by atoms with Gasteiger partial charge in [-0.3, -0.25) is 0 Å². The number of fused-ring (bicyclic) bond motifs is 3. The number of aryl methyl sites for hydroxylation is 1. The Morgan fingerprint density at radius 1 is 1.14 bits per heavy atom. The summed E-state index contributed by atoms with van der Waals surface area (Å²) in [4.78, 5) is 3.23. The van der Waals surface area contributed by atoms with Gasteiger partial charge in [-0.1, -0.05) is 0 Å². The van der Waals surface area contributed by atoms with Crippen molar-refractivity contribution >= 4 is 21.8 Å². The summed E-state index contributed by atoms with van der Waals surface area (Å²) in [5.74, 6) is 0. The fraction of sp³-hybridized carbons (Fsp3) is 0.0833. The molecule has 0 aliphatic heterocycles. The van der Waals surface area contributed by atoms with E-state index in [9.17, 15) is 0 Å². The van der Waals surface area contributed by atoms with Gasteiger partial charge >= 0.3 is 0 Å². The summed E-state index contributed by atoms with van der Waals surface area (Å²) in [7, 11) is 2.08. The Morgan fingerprint density at radius 3 is 3.00 bits per heavy atom. The number of nitrogens with one attached hydrogen (secondary N) is 1. The van der Waals surface area contributed by atoms with Crippen LogP contribution in [-0.2, 0) is 7.05 Å². The van der Waals surface area contributed by atoms with Crippen molar-refractivity contribution < 1.29 is 4.57 Å².